The van der Waals surface area contributed by atoms with E-state index in [9.17, 15) is 13.2 Å². The average Bonchev–Trinajstić information content (AvgIpc) is 2.15. The van der Waals surface area contributed by atoms with Crippen LogP contribution < -0.4 is 5.32 Å². The normalized spacial score (nSPS) is 10.6. The summed E-state index contributed by atoms with van der Waals surface area (Å²) in [7, 11) is 1.64. The van der Waals surface area contributed by atoms with Crippen LogP contribution in [0.3, 0.4) is 0 Å². The Morgan fingerprint density at radius 3 is 2.64 bits per heavy atom. The Labute approximate surface area is 79.7 Å². The van der Waals surface area contributed by atoms with E-state index in [1.165, 1.54) is 12.1 Å². The molecular formula is C9H10F3NO. The van der Waals surface area contributed by atoms with Crippen molar-refractivity contribution >= 4 is 5.69 Å². The van der Waals surface area contributed by atoms with Gasteiger partial charge in [-0.25, -0.2) is 4.39 Å². The molecule has 0 atom stereocenters. The van der Waals surface area contributed by atoms with Gasteiger partial charge in [0.25, 0.3) is 0 Å². The number of hydrogen-bond acceptors (Lipinski definition) is 2. The molecule has 0 spiro atoms. The van der Waals surface area contributed by atoms with Crippen molar-refractivity contribution < 1.29 is 17.9 Å². The molecular weight excluding hydrogens is 195 g/mol. The first kappa shape index (κ1) is 10.8. The number of halogens is 3. The van der Waals surface area contributed by atoms with E-state index in [4.69, 9.17) is 0 Å². The van der Waals surface area contributed by atoms with Crippen LogP contribution in [0.1, 0.15) is 5.56 Å². The van der Waals surface area contributed by atoms with Crippen molar-refractivity contribution in [3.05, 3.63) is 29.6 Å². The highest BCUT2D eigenvalue weighted by Crippen LogP contribution is 2.15. The lowest BCUT2D eigenvalue weighted by molar-refractivity contribution is -0.137. The fourth-order valence-corrected chi connectivity index (χ4v) is 0.973. The van der Waals surface area contributed by atoms with Crippen LogP contribution >= 0.6 is 0 Å². The van der Waals surface area contributed by atoms with Crippen LogP contribution in [0.2, 0.25) is 0 Å². The summed E-state index contributed by atoms with van der Waals surface area (Å²) in [5.74, 6) is -0.558. The van der Waals surface area contributed by atoms with E-state index < -0.39 is 19.0 Å². The molecule has 0 aliphatic carbocycles. The van der Waals surface area contributed by atoms with Gasteiger partial charge in [0.05, 0.1) is 6.61 Å². The summed E-state index contributed by atoms with van der Waals surface area (Å²) in [6.07, 6.45) is 0. The van der Waals surface area contributed by atoms with Crippen LogP contribution in [0, 0.1) is 5.82 Å². The second kappa shape index (κ2) is 4.85. The van der Waals surface area contributed by atoms with E-state index in [0.717, 1.165) is 0 Å². The molecule has 0 amide bonds. The number of hydrogen-bond donors (Lipinski definition) is 1. The molecule has 0 unspecified atom stereocenters. The SMILES string of the molecule is CNc1ccc(COC(F)F)c(F)c1. The molecule has 78 valence electrons. The lowest BCUT2D eigenvalue weighted by Crippen LogP contribution is -2.01. The minimum absolute atomic E-state index is 0.115. The van der Waals surface area contributed by atoms with Gasteiger partial charge in [0.2, 0.25) is 0 Å². The molecule has 0 saturated carbocycles. The maximum atomic E-state index is 13.1. The van der Waals surface area contributed by atoms with E-state index in [1.807, 2.05) is 0 Å². The first-order chi connectivity index (χ1) is 6.63. The quantitative estimate of drug-likeness (QED) is 0.815. The molecule has 0 aliphatic rings. The Kier molecular flexibility index (Phi) is 3.76. The third-order valence-electron chi connectivity index (χ3n) is 1.71. The second-order valence-corrected chi connectivity index (χ2v) is 2.63. The van der Waals surface area contributed by atoms with Gasteiger partial charge in [-0.05, 0) is 12.1 Å². The fourth-order valence-electron chi connectivity index (χ4n) is 0.973. The minimum Gasteiger partial charge on any atom is -0.388 e. The summed E-state index contributed by atoms with van der Waals surface area (Å²) in [6.45, 7) is -3.30. The third kappa shape index (κ3) is 2.92. The van der Waals surface area contributed by atoms with Crippen molar-refractivity contribution in [2.75, 3.05) is 12.4 Å². The Balaban J connectivity index is 2.69. The van der Waals surface area contributed by atoms with Gasteiger partial charge in [-0.15, -0.1) is 0 Å². The molecule has 0 aromatic heterocycles. The summed E-state index contributed by atoms with van der Waals surface area (Å²) in [5.41, 5.74) is 0.701. The summed E-state index contributed by atoms with van der Waals surface area (Å²) in [5, 5.41) is 2.73. The summed E-state index contributed by atoms with van der Waals surface area (Å²) in [6, 6.07) is 4.22. The van der Waals surface area contributed by atoms with Gasteiger partial charge in [-0.1, -0.05) is 6.07 Å². The Hall–Kier alpha value is -1.23. The van der Waals surface area contributed by atoms with Crippen LogP contribution in [0.4, 0.5) is 18.9 Å². The molecule has 2 nitrogen and oxygen atoms in total. The first-order valence-electron chi connectivity index (χ1n) is 3.99. The van der Waals surface area contributed by atoms with Crippen molar-refractivity contribution in [1.82, 2.24) is 0 Å². The largest absolute Gasteiger partial charge is 0.388 e. The Morgan fingerprint density at radius 1 is 1.43 bits per heavy atom. The van der Waals surface area contributed by atoms with Crippen molar-refractivity contribution in [2.24, 2.45) is 0 Å². The highest BCUT2D eigenvalue weighted by molar-refractivity contribution is 5.44. The van der Waals surface area contributed by atoms with Crippen LogP contribution in [-0.4, -0.2) is 13.7 Å². The van der Waals surface area contributed by atoms with E-state index in [-0.39, 0.29) is 5.56 Å². The standard InChI is InChI=1S/C9H10F3NO/c1-13-7-3-2-6(8(10)4-7)5-14-9(11)12/h2-4,9,13H,5H2,1H3. The predicted octanol–water partition coefficient (Wildman–Crippen LogP) is 2.61. The molecule has 0 heterocycles. The third-order valence-corrected chi connectivity index (χ3v) is 1.71. The van der Waals surface area contributed by atoms with Gasteiger partial charge in [-0.2, -0.15) is 8.78 Å². The fraction of sp³-hybridized carbons (Fsp3) is 0.333. The van der Waals surface area contributed by atoms with Gasteiger partial charge in [0.15, 0.2) is 0 Å². The average molecular weight is 205 g/mol. The maximum absolute atomic E-state index is 13.1. The lowest BCUT2D eigenvalue weighted by Gasteiger charge is -2.06. The highest BCUT2D eigenvalue weighted by Gasteiger charge is 2.07. The maximum Gasteiger partial charge on any atom is 0.345 e. The second-order valence-electron chi connectivity index (χ2n) is 2.63. The molecule has 5 heteroatoms. The van der Waals surface area contributed by atoms with Gasteiger partial charge < -0.3 is 10.1 Å². The number of nitrogens with one attached hydrogen (secondary N) is 1. The van der Waals surface area contributed by atoms with Crippen molar-refractivity contribution in [3.63, 3.8) is 0 Å². The van der Waals surface area contributed by atoms with Gasteiger partial charge in [0, 0.05) is 18.3 Å². The first-order valence-corrected chi connectivity index (χ1v) is 3.99. The van der Waals surface area contributed by atoms with Crippen LogP contribution in [-0.2, 0) is 11.3 Å². The summed E-state index contributed by atoms with van der Waals surface area (Å²) in [4.78, 5) is 0. The molecule has 1 aromatic carbocycles. The predicted molar refractivity (Wildman–Crippen MR) is 46.7 cm³/mol. The zero-order valence-corrected chi connectivity index (χ0v) is 7.56. The lowest BCUT2D eigenvalue weighted by atomic mass is 10.2. The van der Waals surface area contributed by atoms with E-state index in [1.54, 1.807) is 13.1 Å². The van der Waals surface area contributed by atoms with Crippen LogP contribution in [0.5, 0.6) is 0 Å². The Bertz CT molecular complexity index is 304. The smallest absolute Gasteiger partial charge is 0.345 e. The molecule has 1 aromatic rings. The molecule has 0 bridgehead atoms. The highest BCUT2D eigenvalue weighted by atomic mass is 19.3. The van der Waals surface area contributed by atoms with Crippen LogP contribution in [0.15, 0.2) is 18.2 Å². The Morgan fingerprint density at radius 2 is 2.14 bits per heavy atom. The molecule has 1 rings (SSSR count). The van der Waals surface area contributed by atoms with E-state index in [2.05, 4.69) is 10.1 Å². The molecule has 14 heavy (non-hydrogen) atoms. The summed E-state index contributed by atoms with van der Waals surface area (Å²) < 4.78 is 40.4. The molecule has 0 saturated heterocycles. The van der Waals surface area contributed by atoms with E-state index >= 15 is 0 Å². The molecule has 1 N–H and O–H groups in total. The van der Waals surface area contributed by atoms with Gasteiger partial charge in [0.1, 0.15) is 5.82 Å². The monoisotopic (exact) mass is 205 g/mol. The van der Waals surface area contributed by atoms with Gasteiger partial charge >= 0.3 is 6.61 Å². The molecule has 0 aliphatic heterocycles. The van der Waals surface area contributed by atoms with Crippen molar-refractivity contribution in [3.8, 4) is 0 Å². The zero-order chi connectivity index (χ0) is 10.6. The van der Waals surface area contributed by atoms with Crippen LogP contribution in [0.25, 0.3) is 0 Å². The number of benzene rings is 1. The molecule has 0 radical (unpaired) electrons. The number of rotatable bonds is 4. The van der Waals surface area contributed by atoms with Gasteiger partial charge in [-0.3, -0.25) is 0 Å². The van der Waals surface area contributed by atoms with Crippen molar-refractivity contribution in [1.29, 1.82) is 0 Å². The zero-order valence-electron chi connectivity index (χ0n) is 7.56. The summed E-state index contributed by atoms with van der Waals surface area (Å²) >= 11 is 0. The molecule has 0 fully saturated rings. The number of ether oxygens (including phenoxy) is 1. The minimum atomic E-state index is -2.88. The van der Waals surface area contributed by atoms with Crippen molar-refractivity contribution in [2.45, 2.75) is 13.2 Å². The topological polar surface area (TPSA) is 21.3 Å². The number of alkyl halides is 2. The van der Waals surface area contributed by atoms with E-state index in [0.29, 0.717) is 5.69 Å². The number of anilines is 1.